The van der Waals surface area contributed by atoms with Crippen LogP contribution >= 0.6 is 0 Å². The molecule has 3 nitrogen and oxygen atoms in total. The van der Waals surface area contributed by atoms with Gasteiger partial charge in [0, 0.05) is 0 Å². The number of carbonyl (C=O) groups is 1. The summed E-state index contributed by atoms with van der Waals surface area (Å²) >= 11 is 0. The van der Waals surface area contributed by atoms with Crippen molar-refractivity contribution in [2.45, 2.75) is 12.8 Å². The van der Waals surface area contributed by atoms with Gasteiger partial charge >= 0.3 is 6.09 Å². The third kappa shape index (κ3) is 2.78. The normalized spacial score (nSPS) is 11.5. The molecule has 1 aliphatic rings. The van der Waals surface area contributed by atoms with Crippen molar-refractivity contribution in [1.29, 1.82) is 0 Å². The van der Waals surface area contributed by atoms with E-state index in [2.05, 4.69) is 34.7 Å². The van der Waals surface area contributed by atoms with Gasteiger partial charge in [0.25, 0.3) is 0 Å². The number of primary amides is 1. The van der Waals surface area contributed by atoms with E-state index < -0.39 is 6.09 Å². The van der Waals surface area contributed by atoms with Crippen LogP contribution in [0.3, 0.4) is 0 Å². The molecule has 1 aromatic rings. The standard InChI is InChI=1S/C8H8.C2H5NO2/c1-2-4-8-6-5-7(8)3-1;1-5-2(3)4/h1-4H,5-6H2;1H3,(H2,3,4). The van der Waals surface area contributed by atoms with Gasteiger partial charge in [-0.1, -0.05) is 24.3 Å². The first-order valence-electron chi connectivity index (χ1n) is 4.14. The molecule has 0 radical (unpaired) electrons. The summed E-state index contributed by atoms with van der Waals surface area (Å²) in [6, 6.07) is 8.63. The lowest BCUT2D eigenvalue weighted by Gasteiger charge is -2.16. The first-order chi connectivity index (χ1) is 6.24. The average Bonchev–Trinajstić information content (AvgIpc) is 2.08. The molecule has 0 saturated carbocycles. The molecule has 0 aromatic heterocycles. The van der Waals surface area contributed by atoms with Crippen molar-refractivity contribution in [2.24, 2.45) is 5.73 Å². The Morgan fingerprint density at radius 1 is 1.31 bits per heavy atom. The molecule has 70 valence electrons. The highest BCUT2D eigenvalue weighted by atomic mass is 16.5. The van der Waals surface area contributed by atoms with Gasteiger partial charge in [-0.3, -0.25) is 0 Å². The Labute approximate surface area is 77.5 Å². The highest BCUT2D eigenvalue weighted by Crippen LogP contribution is 2.20. The largest absolute Gasteiger partial charge is 0.453 e. The third-order valence-corrected chi connectivity index (χ3v) is 1.98. The number of carbonyl (C=O) groups excluding carboxylic acids is 1. The fourth-order valence-electron chi connectivity index (χ4n) is 1.14. The number of benzene rings is 1. The Hall–Kier alpha value is -1.51. The van der Waals surface area contributed by atoms with Crippen molar-refractivity contribution in [2.75, 3.05) is 7.11 Å². The molecule has 0 unspecified atom stereocenters. The quantitative estimate of drug-likeness (QED) is 0.656. The van der Waals surface area contributed by atoms with Crippen molar-refractivity contribution in [1.82, 2.24) is 0 Å². The maximum Gasteiger partial charge on any atom is 0.404 e. The second-order valence-electron chi connectivity index (χ2n) is 2.79. The Morgan fingerprint density at radius 3 is 1.85 bits per heavy atom. The zero-order valence-corrected chi connectivity index (χ0v) is 7.62. The Bertz CT molecular complexity index is 274. The van der Waals surface area contributed by atoms with Crippen LogP contribution in [-0.4, -0.2) is 13.2 Å². The topological polar surface area (TPSA) is 52.3 Å². The fourth-order valence-corrected chi connectivity index (χ4v) is 1.14. The summed E-state index contributed by atoms with van der Waals surface area (Å²) in [5.41, 5.74) is 7.53. The average molecular weight is 179 g/mol. The number of aryl methyl sites for hydroxylation is 2. The molecule has 0 aliphatic heterocycles. The summed E-state index contributed by atoms with van der Waals surface area (Å²) in [5.74, 6) is 0. The van der Waals surface area contributed by atoms with Crippen LogP contribution in [0.15, 0.2) is 24.3 Å². The number of hydrogen-bond donors (Lipinski definition) is 1. The van der Waals surface area contributed by atoms with E-state index in [1.165, 1.54) is 20.0 Å². The fraction of sp³-hybridized carbons (Fsp3) is 0.300. The number of nitrogens with two attached hydrogens (primary N) is 1. The summed E-state index contributed by atoms with van der Waals surface area (Å²) < 4.78 is 3.89. The molecule has 0 saturated heterocycles. The highest BCUT2D eigenvalue weighted by molar-refractivity contribution is 5.64. The smallest absolute Gasteiger partial charge is 0.404 e. The van der Waals surface area contributed by atoms with E-state index in [4.69, 9.17) is 0 Å². The van der Waals surface area contributed by atoms with E-state index in [9.17, 15) is 4.79 Å². The summed E-state index contributed by atoms with van der Waals surface area (Å²) in [6.07, 6.45) is 1.86. The van der Waals surface area contributed by atoms with E-state index in [1.54, 1.807) is 11.1 Å². The molecule has 0 spiro atoms. The van der Waals surface area contributed by atoms with Gasteiger partial charge < -0.3 is 10.5 Å². The van der Waals surface area contributed by atoms with Gasteiger partial charge in [-0.25, -0.2) is 4.79 Å². The van der Waals surface area contributed by atoms with E-state index in [0.717, 1.165) is 0 Å². The minimum atomic E-state index is -0.745. The van der Waals surface area contributed by atoms with Gasteiger partial charge in [-0.15, -0.1) is 0 Å². The second-order valence-corrected chi connectivity index (χ2v) is 2.79. The molecule has 2 rings (SSSR count). The molecular formula is C10H13NO2. The predicted molar refractivity (Wildman–Crippen MR) is 50.4 cm³/mol. The minimum absolute atomic E-state index is 0.745. The molecule has 0 bridgehead atoms. The van der Waals surface area contributed by atoms with Crippen molar-refractivity contribution in [3.05, 3.63) is 35.4 Å². The van der Waals surface area contributed by atoms with E-state index in [0.29, 0.717) is 0 Å². The van der Waals surface area contributed by atoms with Crippen molar-refractivity contribution in [3.63, 3.8) is 0 Å². The monoisotopic (exact) mass is 179 g/mol. The second kappa shape index (κ2) is 4.50. The van der Waals surface area contributed by atoms with Crippen LogP contribution in [0.25, 0.3) is 0 Å². The van der Waals surface area contributed by atoms with E-state index >= 15 is 0 Å². The Kier molecular flexibility index (Phi) is 3.31. The zero-order chi connectivity index (χ0) is 9.68. The highest BCUT2D eigenvalue weighted by Gasteiger charge is 2.09. The number of hydrogen-bond acceptors (Lipinski definition) is 2. The number of methoxy groups -OCH3 is 1. The van der Waals surface area contributed by atoms with Crippen molar-refractivity contribution < 1.29 is 9.53 Å². The van der Waals surface area contributed by atoms with E-state index in [-0.39, 0.29) is 0 Å². The predicted octanol–water partition coefficient (Wildman–Crippen LogP) is 1.50. The molecule has 3 heteroatoms. The lowest BCUT2D eigenvalue weighted by Crippen LogP contribution is -2.08. The number of fused-ring (bicyclic) bond motifs is 1. The number of ether oxygens (including phenoxy) is 1. The number of amides is 1. The van der Waals surface area contributed by atoms with Crippen molar-refractivity contribution in [3.8, 4) is 0 Å². The van der Waals surface area contributed by atoms with Crippen LogP contribution in [0, 0.1) is 0 Å². The van der Waals surface area contributed by atoms with Gasteiger partial charge in [-0.2, -0.15) is 0 Å². The summed E-state index contributed by atoms with van der Waals surface area (Å²) in [7, 11) is 1.22. The van der Waals surface area contributed by atoms with Gasteiger partial charge in [-0.05, 0) is 24.0 Å². The zero-order valence-electron chi connectivity index (χ0n) is 7.62. The molecular weight excluding hydrogens is 166 g/mol. The maximum absolute atomic E-state index is 9.37. The van der Waals surface area contributed by atoms with Crippen LogP contribution in [0.4, 0.5) is 4.79 Å². The molecule has 1 aromatic carbocycles. The molecule has 13 heavy (non-hydrogen) atoms. The lowest BCUT2D eigenvalue weighted by molar-refractivity contribution is 0.182. The third-order valence-electron chi connectivity index (χ3n) is 1.98. The molecule has 1 amide bonds. The lowest BCUT2D eigenvalue weighted by atomic mass is 9.89. The van der Waals surface area contributed by atoms with Gasteiger partial charge in [0.2, 0.25) is 0 Å². The first-order valence-corrected chi connectivity index (χ1v) is 4.14. The van der Waals surface area contributed by atoms with E-state index in [1.807, 2.05) is 0 Å². The summed E-state index contributed by atoms with van der Waals surface area (Å²) in [4.78, 5) is 9.37. The molecule has 0 heterocycles. The van der Waals surface area contributed by atoms with Crippen LogP contribution in [0.2, 0.25) is 0 Å². The molecule has 2 N–H and O–H groups in total. The molecule has 1 aliphatic carbocycles. The molecule has 0 fully saturated rings. The van der Waals surface area contributed by atoms with Crippen LogP contribution < -0.4 is 5.73 Å². The summed E-state index contributed by atoms with van der Waals surface area (Å²) in [6.45, 7) is 0. The van der Waals surface area contributed by atoms with Gasteiger partial charge in [0.15, 0.2) is 0 Å². The minimum Gasteiger partial charge on any atom is -0.453 e. The van der Waals surface area contributed by atoms with Crippen molar-refractivity contribution >= 4 is 6.09 Å². The van der Waals surface area contributed by atoms with Crippen LogP contribution in [0.5, 0.6) is 0 Å². The first kappa shape index (κ1) is 9.58. The Morgan fingerprint density at radius 2 is 1.69 bits per heavy atom. The Balaban J connectivity index is 0.000000149. The summed E-state index contributed by atoms with van der Waals surface area (Å²) in [5, 5.41) is 0. The van der Waals surface area contributed by atoms with Crippen LogP contribution in [-0.2, 0) is 17.6 Å². The van der Waals surface area contributed by atoms with Gasteiger partial charge in [0.05, 0.1) is 7.11 Å². The molecule has 0 atom stereocenters. The van der Waals surface area contributed by atoms with Crippen LogP contribution in [0.1, 0.15) is 11.1 Å². The SMILES string of the molecule is COC(N)=O.c1ccc2c(c1)CC2. The maximum atomic E-state index is 9.37. The number of rotatable bonds is 0. The van der Waals surface area contributed by atoms with Gasteiger partial charge in [0.1, 0.15) is 0 Å².